The predicted molar refractivity (Wildman–Crippen MR) is 165 cm³/mol. The highest BCUT2D eigenvalue weighted by atomic mass is 35.5. The van der Waals surface area contributed by atoms with Gasteiger partial charge in [-0.3, -0.25) is 14.9 Å². The largest absolute Gasteiger partial charge is 0.493 e. The molecule has 0 atom stereocenters. The van der Waals surface area contributed by atoms with Crippen LogP contribution in [0.2, 0.25) is 15.1 Å². The number of hydrogen-bond donors (Lipinski definition) is 1. The van der Waals surface area contributed by atoms with Crippen LogP contribution in [0.4, 0.5) is 10.5 Å². The van der Waals surface area contributed by atoms with Crippen molar-refractivity contribution in [3.63, 3.8) is 0 Å². The number of ether oxygens (including phenoxy) is 3. The molecule has 0 aromatic heterocycles. The summed E-state index contributed by atoms with van der Waals surface area (Å²) >= 11 is 19.0. The lowest BCUT2D eigenvalue weighted by atomic mass is 10.1. The Morgan fingerprint density at radius 3 is 2.19 bits per heavy atom. The van der Waals surface area contributed by atoms with E-state index in [1.165, 1.54) is 30.3 Å². The first kappa shape index (κ1) is 30.0. The van der Waals surface area contributed by atoms with E-state index in [4.69, 9.17) is 49.0 Å². The molecule has 1 heterocycles. The molecule has 1 aliphatic heterocycles. The van der Waals surface area contributed by atoms with Crippen LogP contribution in [0.25, 0.3) is 6.08 Å². The highest BCUT2D eigenvalue weighted by molar-refractivity contribution is 6.40. The molecule has 0 radical (unpaired) electrons. The standard InChI is InChI=1S/C32H23Cl3N2O6/c1-41-28-15-20(10-11-27(28)42-17-19-6-3-2-4-7-19)18-43-29-25(34)13-21(14-26(29)35)12-24-30(38)36-32(40)37(31(24)39)23-9-5-8-22(33)16-23/h2-16H,17-18H2,1H3,(H,36,38,40)/b24-12+. The Morgan fingerprint density at radius 1 is 0.767 bits per heavy atom. The molecular weight excluding hydrogens is 615 g/mol. The Kier molecular flexibility index (Phi) is 9.21. The van der Waals surface area contributed by atoms with Gasteiger partial charge in [0.15, 0.2) is 17.2 Å². The van der Waals surface area contributed by atoms with Crippen LogP contribution in [-0.4, -0.2) is 25.0 Å². The SMILES string of the molecule is COc1cc(COc2c(Cl)cc(/C=C3\C(=O)NC(=O)N(c4cccc(Cl)c4)C3=O)cc2Cl)ccc1OCc1ccccc1. The van der Waals surface area contributed by atoms with Crippen molar-refractivity contribution >= 4 is 64.4 Å². The molecule has 0 spiro atoms. The molecule has 5 rings (SSSR count). The van der Waals surface area contributed by atoms with Gasteiger partial charge in [-0.1, -0.05) is 77.3 Å². The van der Waals surface area contributed by atoms with E-state index in [2.05, 4.69) is 5.32 Å². The summed E-state index contributed by atoms with van der Waals surface area (Å²) in [5, 5.41) is 2.79. The van der Waals surface area contributed by atoms with Gasteiger partial charge in [0.1, 0.15) is 18.8 Å². The molecule has 1 saturated heterocycles. The van der Waals surface area contributed by atoms with E-state index in [1.807, 2.05) is 36.4 Å². The van der Waals surface area contributed by atoms with E-state index < -0.39 is 17.8 Å². The molecular formula is C32H23Cl3N2O6. The molecule has 0 saturated carbocycles. The van der Waals surface area contributed by atoms with Gasteiger partial charge in [0.05, 0.1) is 22.8 Å². The fourth-order valence-corrected chi connectivity index (χ4v) is 5.08. The normalized spacial score (nSPS) is 14.1. The van der Waals surface area contributed by atoms with Crippen molar-refractivity contribution in [1.82, 2.24) is 5.32 Å². The van der Waals surface area contributed by atoms with E-state index in [0.29, 0.717) is 28.7 Å². The number of barbiturate groups is 1. The van der Waals surface area contributed by atoms with Gasteiger partial charge in [-0.05, 0) is 65.2 Å². The molecule has 218 valence electrons. The number of nitrogens with zero attached hydrogens (tertiary/aromatic N) is 1. The highest BCUT2D eigenvalue weighted by Gasteiger charge is 2.37. The molecule has 43 heavy (non-hydrogen) atoms. The summed E-state index contributed by atoms with van der Waals surface area (Å²) in [4.78, 5) is 39.0. The van der Waals surface area contributed by atoms with Gasteiger partial charge in [0.2, 0.25) is 0 Å². The van der Waals surface area contributed by atoms with Crippen LogP contribution in [0, 0.1) is 0 Å². The number of anilines is 1. The molecule has 1 N–H and O–H groups in total. The zero-order valence-corrected chi connectivity index (χ0v) is 24.9. The number of halogens is 3. The van der Waals surface area contributed by atoms with Gasteiger partial charge >= 0.3 is 6.03 Å². The summed E-state index contributed by atoms with van der Waals surface area (Å²) in [6.07, 6.45) is 1.29. The number of urea groups is 1. The van der Waals surface area contributed by atoms with Crippen molar-refractivity contribution in [1.29, 1.82) is 0 Å². The third-order valence-electron chi connectivity index (χ3n) is 6.35. The average molecular weight is 638 g/mol. The lowest BCUT2D eigenvalue weighted by Crippen LogP contribution is -2.54. The summed E-state index contributed by atoms with van der Waals surface area (Å²) in [5.41, 5.74) is 2.07. The fourth-order valence-electron chi connectivity index (χ4n) is 4.29. The Morgan fingerprint density at radius 2 is 1.49 bits per heavy atom. The van der Waals surface area contributed by atoms with Crippen LogP contribution in [0.3, 0.4) is 0 Å². The molecule has 11 heteroatoms. The molecule has 8 nitrogen and oxygen atoms in total. The van der Waals surface area contributed by atoms with E-state index >= 15 is 0 Å². The minimum atomic E-state index is -0.887. The molecule has 0 bridgehead atoms. The number of methoxy groups -OCH3 is 1. The smallest absolute Gasteiger partial charge is 0.335 e. The quantitative estimate of drug-likeness (QED) is 0.151. The Hall–Kier alpha value is -4.50. The third kappa shape index (κ3) is 6.94. The average Bonchev–Trinajstić information content (AvgIpc) is 2.98. The molecule has 4 aromatic rings. The van der Waals surface area contributed by atoms with Gasteiger partial charge in [-0.15, -0.1) is 0 Å². The van der Waals surface area contributed by atoms with E-state index in [-0.39, 0.29) is 33.7 Å². The zero-order chi connectivity index (χ0) is 30.5. The first-order valence-electron chi connectivity index (χ1n) is 12.9. The van der Waals surface area contributed by atoms with Crippen LogP contribution in [0.5, 0.6) is 17.2 Å². The number of carbonyl (C=O) groups is 3. The first-order valence-corrected chi connectivity index (χ1v) is 14.0. The Balaban J connectivity index is 1.31. The second-order valence-corrected chi connectivity index (χ2v) is 10.6. The fraction of sp³-hybridized carbons (Fsp3) is 0.0938. The third-order valence-corrected chi connectivity index (χ3v) is 7.14. The monoisotopic (exact) mass is 636 g/mol. The zero-order valence-electron chi connectivity index (χ0n) is 22.6. The molecule has 4 aromatic carbocycles. The van der Waals surface area contributed by atoms with Crippen LogP contribution in [-0.2, 0) is 22.8 Å². The van der Waals surface area contributed by atoms with Crippen molar-refractivity contribution in [3.05, 3.63) is 122 Å². The maximum atomic E-state index is 13.2. The van der Waals surface area contributed by atoms with Gasteiger partial charge in [-0.2, -0.15) is 0 Å². The molecule has 0 unspecified atom stereocenters. The van der Waals surface area contributed by atoms with E-state index in [0.717, 1.165) is 16.0 Å². The van der Waals surface area contributed by atoms with Crippen molar-refractivity contribution in [3.8, 4) is 17.2 Å². The maximum absolute atomic E-state index is 13.2. The minimum absolute atomic E-state index is 0.118. The maximum Gasteiger partial charge on any atom is 0.335 e. The minimum Gasteiger partial charge on any atom is -0.493 e. The predicted octanol–water partition coefficient (Wildman–Crippen LogP) is 7.48. The van der Waals surface area contributed by atoms with Gasteiger partial charge < -0.3 is 14.2 Å². The molecule has 4 amide bonds. The van der Waals surface area contributed by atoms with Gasteiger partial charge in [0, 0.05) is 5.02 Å². The number of hydrogen-bond acceptors (Lipinski definition) is 6. The topological polar surface area (TPSA) is 94.2 Å². The van der Waals surface area contributed by atoms with Crippen molar-refractivity contribution < 1.29 is 28.6 Å². The summed E-state index contributed by atoms with van der Waals surface area (Å²) in [7, 11) is 1.55. The van der Waals surface area contributed by atoms with Crippen molar-refractivity contribution in [2.75, 3.05) is 12.0 Å². The summed E-state index contributed by atoms with van der Waals surface area (Å²) in [6.45, 7) is 0.510. The Labute approximate surface area is 262 Å². The summed E-state index contributed by atoms with van der Waals surface area (Å²) in [6, 6.07) is 23.5. The highest BCUT2D eigenvalue weighted by Crippen LogP contribution is 2.37. The van der Waals surface area contributed by atoms with Crippen LogP contribution in [0.1, 0.15) is 16.7 Å². The number of imide groups is 2. The molecule has 1 aliphatic rings. The lowest BCUT2D eigenvalue weighted by Gasteiger charge is -2.26. The Bertz CT molecular complexity index is 1720. The van der Waals surface area contributed by atoms with Crippen LogP contribution < -0.4 is 24.4 Å². The molecule has 1 fully saturated rings. The first-order chi connectivity index (χ1) is 20.7. The summed E-state index contributed by atoms with van der Waals surface area (Å²) in [5.74, 6) is -0.346. The van der Waals surface area contributed by atoms with E-state index in [1.54, 1.807) is 31.4 Å². The van der Waals surface area contributed by atoms with Gasteiger partial charge in [-0.25, -0.2) is 9.69 Å². The lowest BCUT2D eigenvalue weighted by molar-refractivity contribution is -0.122. The second-order valence-electron chi connectivity index (χ2n) is 9.30. The number of nitrogens with one attached hydrogen (secondary N) is 1. The van der Waals surface area contributed by atoms with E-state index in [9.17, 15) is 14.4 Å². The second kappa shape index (κ2) is 13.2. The number of rotatable bonds is 9. The van der Waals surface area contributed by atoms with Crippen molar-refractivity contribution in [2.24, 2.45) is 0 Å². The number of amides is 4. The van der Waals surface area contributed by atoms with Crippen molar-refractivity contribution in [2.45, 2.75) is 13.2 Å². The summed E-state index contributed by atoms with van der Waals surface area (Å²) < 4.78 is 17.3. The number of carbonyl (C=O) groups excluding carboxylic acids is 3. The number of benzene rings is 4. The molecule has 0 aliphatic carbocycles. The van der Waals surface area contributed by atoms with Crippen LogP contribution >= 0.6 is 34.8 Å². The van der Waals surface area contributed by atoms with Gasteiger partial charge in [0.25, 0.3) is 11.8 Å². The van der Waals surface area contributed by atoms with Crippen LogP contribution in [0.15, 0.2) is 90.5 Å².